The zero-order chi connectivity index (χ0) is 18.2. The number of hydrogen-bond donors (Lipinski definition) is 1. The molecular weight excluding hydrogens is 306 g/mol. The highest BCUT2D eigenvalue weighted by molar-refractivity contribution is 6.22. The van der Waals surface area contributed by atoms with Crippen LogP contribution in [0.2, 0.25) is 0 Å². The van der Waals surface area contributed by atoms with Gasteiger partial charge in [0.05, 0.1) is 11.1 Å². The fourth-order valence-corrected chi connectivity index (χ4v) is 2.92. The van der Waals surface area contributed by atoms with Gasteiger partial charge >= 0.3 is 6.03 Å². The number of amides is 4. The van der Waals surface area contributed by atoms with Gasteiger partial charge in [-0.3, -0.25) is 14.5 Å². The van der Waals surface area contributed by atoms with Gasteiger partial charge in [0.1, 0.15) is 0 Å². The molecule has 0 spiro atoms. The Kier molecular flexibility index (Phi) is 4.69. The van der Waals surface area contributed by atoms with Gasteiger partial charge in [0, 0.05) is 23.8 Å². The lowest BCUT2D eigenvalue weighted by atomic mass is 10.1. The highest BCUT2D eigenvalue weighted by Gasteiger charge is 2.37. The highest BCUT2D eigenvalue weighted by Crippen LogP contribution is 2.27. The Balaban J connectivity index is 2.27. The summed E-state index contributed by atoms with van der Waals surface area (Å²) < 4.78 is 0. The van der Waals surface area contributed by atoms with Crippen LogP contribution in [0.3, 0.4) is 0 Å². The average molecular weight is 331 g/mol. The van der Waals surface area contributed by atoms with E-state index in [0.29, 0.717) is 23.4 Å². The molecule has 0 aliphatic carbocycles. The minimum atomic E-state index is -0.315. The molecule has 0 saturated heterocycles. The van der Waals surface area contributed by atoms with Crippen molar-refractivity contribution in [1.82, 2.24) is 9.80 Å². The van der Waals surface area contributed by atoms with Crippen molar-refractivity contribution in [2.24, 2.45) is 0 Å². The minimum Gasteiger partial charge on any atom is -0.320 e. The molecule has 0 unspecified atom stereocenters. The number of rotatable bonds is 3. The van der Waals surface area contributed by atoms with Crippen LogP contribution in [0.4, 0.5) is 10.5 Å². The van der Waals surface area contributed by atoms with Gasteiger partial charge in [-0.05, 0) is 59.7 Å². The smallest absolute Gasteiger partial charge is 0.320 e. The van der Waals surface area contributed by atoms with Gasteiger partial charge in [-0.1, -0.05) is 0 Å². The lowest BCUT2D eigenvalue weighted by Crippen LogP contribution is -2.47. The van der Waals surface area contributed by atoms with Crippen LogP contribution in [-0.2, 0) is 0 Å². The minimum absolute atomic E-state index is 0.202. The number of anilines is 1. The first-order valence-corrected chi connectivity index (χ1v) is 8.18. The predicted molar refractivity (Wildman–Crippen MR) is 93.2 cm³/mol. The molecule has 0 bridgehead atoms. The molecular formula is C18H25N3O3. The van der Waals surface area contributed by atoms with Gasteiger partial charge in [-0.25, -0.2) is 4.79 Å². The maximum absolute atomic E-state index is 12.5. The van der Waals surface area contributed by atoms with E-state index in [0.717, 1.165) is 0 Å². The maximum atomic E-state index is 12.5. The van der Waals surface area contributed by atoms with E-state index < -0.39 is 0 Å². The van der Waals surface area contributed by atoms with Gasteiger partial charge in [0.2, 0.25) is 0 Å². The van der Waals surface area contributed by atoms with E-state index in [9.17, 15) is 14.4 Å². The van der Waals surface area contributed by atoms with Crippen LogP contribution in [0.1, 0.15) is 62.3 Å². The Morgan fingerprint density at radius 2 is 1.75 bits per heavy atom. The Hall–Kier alpha value is -2.37. The standard InChI is InChI=1S/C18H25N3O3/c1-7-20(18(4,5)6)17(24)19-12-8-9-13-14(10-12)16(23)21(11(2)3)15(13)22/h8-11H,7H2,1-6H3,(H,19,24). The van der Waals surface area contributed by atoms with Crippen molar-refractivity contribution in [3.05, 3.63) is 29.3 Å². The number of nitrogens with one attached hydrogen (secondary N) is 1. The molecule has 0 fully saturated rings. The number of imide groups is 1. The number of fused-ring (bicyclic) bond motifs is 1. The summed E-state index contributed by atoms with van der Waals surface area (Å²) in [5, 5.41) is 2.81. The number of hydrogen-bond acceptors (Lipinski definition) is 3. The van der Waals surface area contributed by atoms with Crippen LogP contribution in [0, 0.1) is 0 Å². The van der Waals surface area contributed by atoms with Gasteiger partial charge in [-0.2, -0.15) is 0 Å². The monoisotopic (exact) mass is 331 g/mol. The van der Waals surface area contributed by atoms with Crippen LogP contribution in [0.25, 0.3) is 0 Å². The zero-order valence-corrected chi connectivity index (χ0v) is 15.1. The molecule has 0 atom stereocenters. The van der Waals surface area contributed by atoms with Gasteiger partial charge in [0.15, 0.2) is 0 Å². The summed E-state index contributed by atoms with van der Waals surface area (Å²) in [6.45, 7) is 12.0. The zero-order valence-electron chi connectivity index (χ0n) is 15.1. The van der Waals surface area contributed by atoms with E-state index in [1.165, 1.54) is 4.90 Å². The molecule has 6 nitrogen and oxygen atoms in total. The average Bonchev–Trinajstić information content (AvgIpc) is 2.69. The highest BCUT2D eigenvalue weighted by atomic mass is 16.2. The van der Waals surface area contributed by atoms with Gasteiger partial charge in [0.25, 0.3) is 11.8 Å². The second-order valence-electron chi connectivity index (χ2n) is 7.18. The van der Waals surface area contributed by atoms with Crippen molar-refractivity contribution in [2.45, 2.75) is 53.1 Å². The third-order valence-corrected chi connectivity index (χ3v) is 4.06. The summed E-state index contributed by atoms with van der Waals surface area (Å²) >= 11 is 0. The molecule has 1 aliphatic heterocycles. The Morgan fingerprint density at radius 3 is 2.25 bits per heavy atom. The summed E-state index contributed by atoms with van der Waals surface area (Å²) in [6.07, 6.45) is 0. The molecule has 2 rings (SSSR count). The summed E-state index contributed by atoms with van der Waals surface area (Å²) in [5.74, 6) is -0.600. The van der Waals surface area contributed by atoms with Crippen LogP contribution in [0.15, 0.2) is 18.2 Å². The van der Waals surface area contributed by atoms with E-state index in [2.05, 4.69) is 5.32 Å². The first-order chi connectivity index (χ1) is 11.1. The van der Waals surface area contributed by atoms with E-state index in [4.69, 9.17) is 0 Å². The van der Waals surface area contributed by atoms with Crippen molar-refractivity contribution >= 4 is 23.5 Å². The van der Waals surface area contributed by atoms with Crippen LogP contribution >= 0.6 is 0 Å². The summed E-state index contributed by atoms with van der Waals surface area (Å²) in [5.41, 5.74) is 0.920. The van der Waals surface area contributed by atoms with E-state index in [1.807, 2.05) is 27.7 Å². The maximum Gasteiger partial charge on any atom is 0.322 e. The van der Waals surface area contributed by atoms with Crippen LogP contribution in [0.5, 0.6) is 0 Å². The van der Waals surface area contributed by atoms with Crippen molar-refractivity contribution in [3.8, 4) is 0 Å². The Labute approximate surface area is 142 Å². The van der Waals surface area contributed by atoms with Crippen molar-refractivity contribution < 1.29 is 14.4 Å². The topological polar surface area (TPSA) is 69.7 Å². The SMILES string of the molecule is CCN(C(=O)Nc1ccc2c(c1)C(=O)N(C(C)C)C2=O)C(C)(C)C. The lowest BCUT2D eigenvalue weighted by molar-refractivity contribution is 0.0609. The molecule has 0 aromatic heterocycles. The molecule has 4 amide bonds. The van der Waals surface area contributed by atoms with Crippen molar-refractivity contribution in [1.29, 1.82) is 0 Å². The summed E-state index contributed by atoms with van der Waals surface area (Å²) in [4.78, 5) is 40.1. The molecule has 1 N–H and O–H groups in total. The molecule has 24 heavy (non-hydrogen) atoms. The van der Waals surface area contributed by atoms with Crippen molar-refractivity contribution in [2.75, 3.05) is 11.9 Å². The fraction of sp³-hybridized carbons (Fsp3) is 0.500. The van der Waals surface area contributed by atoms with Crippen LogP contribution < -0.4 is 5.32 Å². The van der Waals surface area contributed by atoms with E-state index in [1.54, 1.807) is 36.9 Å². The molecule has 1 aromatic carbocycles. The fourth-order valence-electron chi connectivity index (χ4n) is 2.92. The third kappa shape index (κ3) is 3.13. The molecule has 0 radical (unpaired) electrons. The van der Waals surface area contributed by atoms with Gasteiger partial charge in [-0.15, -0.1) is 0 Å². The summed E-state index contributed by atoms with van der Waals surface area (Å²) in [6, 6.07) is 4.39. The normalized spacial score (nSPS) is 14.2. The van der Waals surface area contributed by atoms with E-state index in [-0.39, 0.29) is 29.4 Å². The number of carbonyl (C=O) groups excluding carboxylic acids is 3. The molecule has 0 saturated carbocycles. The predicted octanol–water partition coefficient (Wildman–Crippen LogP) is 3.34. The molecule has 6 heteroatoms. The quantitative estimate of drug-likeness (QED) is 0.864. The molecule has 1 aromatic rings. The molecule has 1 aliphatic rings. The third-order valence-electron chi connectivity index (χ3n) is 4.06. The second kappa shape index (κ2) is 6.26. The van der Waals surface area contributed by atoms with Gasteiger partial charge < -0.3 is 10.2 Å². The second-order valence-corrected chi connectivity index (χ2v) is 7.18. The number of nitrogens with zero attached hydrogens (tertiary/aromatic N) is 2. The van der Waals surface area contributed by atoms with Crippen molar-refractivity contribution in [3.63, 3.8) is 0 Å². The van der Waals surface area contributed by atoms with E-state index >= 15 is 0 Å². The number of urea groups is 1. The first-order valence-electron chi connectivity index (χ1n) is 8.18. The Morgan fingerprint density at radius 1 is 1.17 bits per heavy atom. The number of carbonyl (C=O) groups is 3. The summed E-state index contributed by atoms with van der Waals surface area (Å²) in [7, 11) is 0. The lowest BCUT2D eigenvalue weighted by Gasteiger charge is -2.34. The first kappa shape index (κ1) is 18.0. The molecule has 130 valence electrons. The molecule has 1 heterocycles. The van der Waals surface area contributed by atoms with Crippen LogP contribution in [-0.4, -0.2) is 45.8 Å². The largest absolute Gasteiger partial charge is 0.322 e. The number of benzene rings is 1. The Bertz CT molecular complexity index is 689.